The predicted molar refractivity (Wildman–Crippen MR) is 76.6 cm³/mol. The van der Waals surface area contributed by atoms with Crippen LogP contribution in [0, 0.1) is 4.77 Å². The van der Waals surface area contributed by atoms with Crippen LogP contribution in [-0.2, 0) is 0 Å². The number of nitrogens with one attached hydrogen (secondary N) is 3. The number of hydrogen-bond acceptors (Lipinski definition) is 5. The molecule has 2 aromatic rings. The van der Waals surface area contributed by atoms with Crippen LogP contribution in [0.25, 0.3) is 0 Å². The van der Waals surface area contributed by atoms with E-state index in [4.69, 9.17) is 23.8 Å². The van der Waals surface area contributed by atoms with Crippen molar-refractivity contribution in [3.8, 4) is 5.88 Å². The second kappa shape index (κ2) is 5.68. The zero-order chi connectivity index (χ0) is 13.8. The Hall–Kier alpha value is -2.12. The number of halogens is 1. The van der Waals surface area contributed by atoms with Gasteiger partial charge in [-0.3, -0.25) is 15.2 Å². The van der Waals surface area contributed by atoms with Crippen molar-refractivity contribution in [1.82, 2.24) is 9.97 Å². The van der Waals surface area contributed by atoms with Crippen molar-refractivity contribution in [2.45, 2.75) is 0 Å². The highest BCUT2D eigenvalue weighted by Gasteiger charge is 2.03. The minimum Gasteiger partial charge on any atom is -0.494 e. The molecule has 8 heteroatoms. The lowest BCUT2D eigenvalue weighted by molar-refractivity contribution is 0.449. The van der Waals surface area contributed by atoms with E-state index in [9.17, 15) is 9.90 Å². The Labute approximate surface area is 117 Å². The minimum atomic E-state index is -0.525. The first kappa shape index (κ1) is 13.3. The molecule has 2 rings (SSSR count). The molecule has 0 unspecified atom stereocenters. The summed E-state index contributed by atoms with van der Waals surface area (Å²) >= 11 is 10.4. The van der Waals surface area contributed by atoms with Crippen LogP contribution in [0.15, 0.2) is 34.2 Å². The number of nitrogens with zero attached hydrogens (tertiary/aromatic N) is 1. The van der Waals surface area contributed by atoms with Gasteiger partial charge >= 0.3 is 0 Å². The van der Waals surface area contributed by atoms with Crippen molar-refractivity contribution in [3.05, 3.63) is 50.0 Å². The third-order valence-corrected chi connectivity index (χ3v) is 2.65. The highest BCUT2D eigenvalue weighted by atomic mass is 35.5. The average molecular weight is 297 g/mol. The summed E-state index contributed by atoms with van der Waals surface area (Å²) in [6.45, 7) is 0. The fraction of sp³-hybridized carbons (Fsp3) is 0. The van der Waals surface area contributed by atoms with Gasteiger partial charge in [0.1, 0.15) is 5.56 Å². The molecule has 0 radical (unpaired) electrons. The van der Waals surface area contributed by atoms with Gasteiger partial charge in [0.2, 0.25) is 5.88 Å². The zero-order valence-electron chi connectivity index (χ0n) is 9.48. The Morgan fingerprint density at radius 2 is 2.00 bits per heavy atom. The predicted octanol–water partition coefficient (Wildman–Crippen LogP) is 2.24. The zero-order valence-corrected chi connectivity index (χ0v) is 11.0. The number of hydrazone groups is 1. The topological polar surface area (TPSA) is 93.3 Å². The standard InChI is InChI=1S/C11H9ClN4O2S/c12-6-1-3-7(4-2-6)16-13-5-8-9(17)14-11(19)15-10(8)18/h1-5,16H,(H3,14,15,17,18,19)/b13-5-. The number of aromatic hydroxyl groups is 1. The maximum atomic E-state index is 11.5. The van der Waals surface area contributed by atoms with Gasteiger partial charge in [-0.2, -0.15) is 5.10 Å². The molecule has 4 N–H and O–H groups in total. The highest BCUT2D eigenvalue weighted by Crippen LogP contribution is 2.13. The van der Waals surface area contributed by atoms with Crippen molar-refractivity contribution in [3.63, 3.8) is 0 Å². The van der Waals surface area contributed by atoms with Crippen molar-refractivity contribution >= 4 is 35.7 Å². The van der Waals surface area contributed by atoms with E-state index in [0.717, 1.165) is 0 Å². The maximum Gasteiger partial charge on any atom is 0.264 e. The maximum absolute atomic E-state index is 11.5. The monoisotopic (exact) mass is 296 g/mol. The Balaban J connectivity index is 2.18. The summed E-state index contributed by atoms with van der Waals surface area (Å²) in [5.74, 6) is -0.338. The Morgan fingerprint density at radius 1 is 1.32 bits per heavy atom. The van der Waals surface area contributed by atoms with E-state index in [-0.39, 0.29) is 16.2 Å². The third-order valence-electron chi connectivity index (χ3n) is 2.19. The molecule has 0 aliphatic carbocycles. The first-order valence-corrected chi connectivity index (χ1v) is 5.95. The molecule has 0 fully saturated rings. The summed E-state index contributed by atoms with van der Waals surface area (Å²) in [4.78, 5) is 16.3. The average Bonchev–Trinajstić information content (AvgIpc) is 2.34. The summed E-state index contributed by atoms with van der Waals surface area (Å²) in [5.41, 5.74) is 2.85. The molecule has 1 heterocycles. The van der Waals surface area contributed by atoms with Gasteiger partial charge in [-0.25, -0.2) is 0 Å². The molecule has 0 aliphatic heterocycles. The summed E-state index contributed by atoms with van der Waals surface area (Å²) in [6.07, 6.45) is 1.19. The van der Waals surface area contributed by atoms with Gasteiger partial charge in [0.05, 0.1) is 11.9 Å². The molecule has 1 aromatic heterocycles. The number of anilines is 1. The normalized spacial score (nSPS) is 10.8. The fourth-order valence-corrected chi connectivity index (χ4v) is 1.62. The largest absolute Gasteiger partial charge is 0.494 e. The molecule has 0 aliphatic rings. The van der Waals surface area contributed by atoms with Crippen molar-refractivity contribution in [2.24, 2.45) is 5.10 Å². The number of rotatable bonds is 3. The Bertz CT molecular complexity index is 721. The van der Waals surface area contributed by atoms with Crippen LogP contribution in [-0.4, -0.2) is 21.3 Å². The molecule has 0 saturated heterocycles. The minimum absolute atomic E-state index is 0.0185. The lowest BCUT2D eigenvalue weighted by Crippen LogP contribution is -2.14. The SMILES string of the molecule is O=c1[nH]c(=S)[nH]c(O)c1/C=N\Nc1ccc(Cl)cc1. The van der Waals surface area contributed by atoms with E-state index in [1.807, 2.05) is 0 Å². The van der Waals surface area contributed by atoms with Gasteiger partial charge in [0, 0.05) is 5.02 Å². The summed E-state index contributed by atoms with van der Waals surface area (Å²) in [7, 11) is 0. The van der Waals surface area contributed by atoms with Crippen LogP contribution in [0.1, 0.15) is 5.56 Å². The first-order valence-electron chi connectivity index (χ1n) is 5.16. The number of benzene rings is 1. The molecule has 19 heavy (non-hydrogen) atoms. The number of hydrogen-bond donors (Lipinski definition) is 4. The van der Waals surface area contributed by atoms with Crippen molar-refractivity contribution in [2.75, 3.05) is 5.43 Å². The molecular formula is C11H9ClN4O2S. The molecular weight excluding hydrogens is 288 g/mol. The lowest BCUT2D eigenvalue weighted by atomic mass is 10.3. The summed E-state index contributed by atoms with van der Waals surface area (Å²) < 4.78 is 0.0466. The van der Waals surface area contributed by atoms with Crippen LogP contribution >= 0.6 is 23.8 Å². The third kappa shape index (κ3) is 3.43. The van der Waals surface area contributed by atoms with Gasteiger partial charge in [-0.1, -0.05) is 11.6 Å². The van der Waals surface area contributed by atoms with E-state index in [0.29, 0.717) is 10.7 Å². The Morgan fingerprint density at radius 3 is 2.63 bits per heavy atom. The smallest absolute Gasteiger partial charge is 0.264 e. The molecule has 98 valence electrons. The second-order valence-electron chi connectivity index (χ2n) is 3.55. The van der Waals surface area contributed by atoms with Gasteiger partial charge in [0.15, 0.2) is 4.77 Å². The number of aromatic nitrogens is 2. The van der Waals surface area contributed by atoms with E-state index >= 15 is 0 Å². The van der Waals surface area contributed by atoms with E-state index in [1.165, 1.54) is 6.21 Å². The Kier molecular flexibility index (Phi) is 3.98. The molecule has 0 saturated carbocycles. The van der Waals surface area contributed by atoms with E-state index < -0.39 is 5.56 Å². The molecule has 0 atom stereocenters. The van der Waals surface area contributed by atoms with Crippen LogP contribution < -0.4 is 11.0 Å². The molecule has 0 amide bonds. The molecule has 0 spiro atoms. The van der Waals surface area contributed by atoms with Crippen molar-refractivity contribution < 1.29 is 5.11 Å². The quantitative estimate of drug-likeness (QED) is 0.397. The van der Waals surface area contributed by atoms with Gasteiger partial charge in [0.25, 0.3) is 5.56 Å². The van der Waals surface area contributed by atoms with Crippen LogP contribution in [0.3, 0.4) is 0 Å². The van der Waals surface area contributed by atoms with Gasteiger partial charge < -0.3 is 10.1 Å². The van der Waals surface area contributed by atoms with E-state index in [2.05, 4.69) is 20.5 Å². The molecule has 6 nitrogen and oxygen atoms in total. The fourth-order valence-electron chi connectivity index (χ4n) is 1.30. The lowest BCUT2D eigenvalue weighted by Gasteiger charge is -2.00. The van der Waals surface area contributed by atoms with Crippen molar-refractivity contribution in [1.29, 1.82) is 0 Å². The summed E-state index contributed by atoms with van der Waals surface area (Å²) in [5, 5.41) is 14.0. The summed E-state index contributed by atoms with van der Waals surface area (Å²) in [6, 6.07) is 6.84. The number of aromatic amines is 2. The van der Waals surface area contributed by atoms with Crippen LogP contribution in [0.4, 0.5) is 5.69 Å². The molecule has 0 bridgehead atoms. The van der Waals surface area contributed by atoms with Crippen LogP contribution in [0.5, 0.6) is 5.88 Å². The van der Waals surface area contributed by atoms with Gasteiger partial charge in [-0.05, 0) is 36.5 Å². The number of H-pyrrole nitrogens is 2. The molecule has 1 aromatic carbocycles. The highest BCUT2D eigenvalue weighted by molar-refractivity contribution is 7.71. The first-order chi connectivity index (χ1) is 9.06. The van der Waals surface area contributed by atoms with Crippen LogP contribution in [0.2, 0.25) is 5.02 Å². The van der Waals surface area contributed by atoms with Gasteiger partial charge in [-0.15, -0.1) is 0 Å². The second-order valence-corrected chi connectivity index (χ2v) is 4.39. The van der Waals surface area contributed by atoms with E-state index in [1.54, 1.807) is 24.3 Å².